The summed E-state index contributed by atoms with van der Waals surface area (Å²) >= 11 is 0. The molecule has 2 heterocycles. The molecule has 0 bridgehead atoms. The lowest BCUT2D eigenvalue weighted by atomic mass is 9.96. The number of nitrogens with one attached hydrogen (secondary N) is 2. The van der Waals surface area contributed by atoms with Gasteiger partial charge in [-0.2, -0.15) is 0 Å². The van der Waals surface area contributed by atoms with E-state index < -0.39 is 37.1 Å². The van der Waals surface area contributed by atoms with Gasteiger partial charge in [0.2, 0.25) is 7.44 Å². The number of imidazole rings is 1. The van der Waals surface area contributed by atoms with Gasteiger partial charge >= 0.3 is 11.9 Å². The topological polar surface area (TPSA) is 173 Å². The number of unbranched alkanes of at least 4 members (excludes halogenated alkanes) is 2. The second kappa shape index (κ2) is 13.6. The molecule has 0 radical (unpaired) electrons. The van der Waals surface area contributed by atoms with E-state index in [1.807, 2.05) is 6.92 Å². The number of carbonyl (C=O) groups is 2. The Hall–Kier alpha value is -2.60. The van der Waals surface area contributed by atoms with Gasteiger partial charge < -0.3 is 24.5 Å². The van der Waals surface area contributed by atoms with E-state index in [2.05, 4.69) is 32.1 Å². The molecule has 0 aromatic carbocycles. The Kier molecular flexibility index (Phi) is 10.8. The van der Waals surface area contributed by atoms with Crippen LogP contribution in [-0.2, 0) is 34.9 Å². The van der Waals surface area contributed by atoms with Crippen LogP contribution in [0.4, 0.5) is 5.82 Å². The zero-order valence-electron chi connectivity index (χ0n) is 23.5. The maximum Gasteiger partial charge on any atom is 0.326 e. The van der Waals surface area contributed by atoms with Crippen LogP contribution in [0.5, 0.6) is 0 Å². The highest BCUT2D eigenvalue weighted by Crippen LogP contribution is 2.40. The summed E-state index contributed by atoms with van der Waals surface area (Å²) in [4.78, 5) is 37.9. The van der Waals surface area contributed by atoms with Gasteiger partial charge in [0.25, 0.3) is 0 Å². The molecular weight excluding hydrogens is 525 g/mol. The molecule has 1 saturated carbocycles. The number of nitrogen functional groups attached to an aromatic ring is 1. The largest absolute Gasteiger partial charge is 0.464 e. The molecule has 0 amide bonds. The third-order valence-electron chi connectivity index (χ3n) is 6.47. The number of hydrogen-bond donors (Lipinski definition) is 3. The fourth-order valence-electron chi connectivity index (χ4n) is 4.01. The summed E-state index contributed by atoms with van der Waals surface area (Å²) in [5, 5.41) is 5.78. The minimum Gasteiger partial charge on any atom is -0.464 e. The number of anilines is 1. The van der Waals surface area contributed by atoms with Crippen molar-refractivity contribution in [1.29, 1.82) is 0 Å². The quantitative estimate of drug-likeness (QED) is 0.154. The van der Waals surface area contributed by atoms with Gasteiger partial charge in [-0.15, -0.1) is 0 Å². The predicted octanol–water partition coefficient (Wildman–Crippen LogP) is 3.14. The molecule has 218 valence electrons. The van der Waals surface area contributed by atoms with E-state index in [4.69, 9.17) is 19.9 Å². The van der Waals surface area contributed by atoms with Crippen molar-refractivity contribution in [3.05, 3.63) is 12.7 Å². The summed E-state index contributed by atoms with van der Waals surface area (Å²) in [6, 6.07) is -0.892. The molecule has 1 aliphatic rings. The Bertz CT molecular complexity index is 1170. The average Bonchev–Trinajstić information content (AvgIpc) is 3.26. The van der Waals surface area contributed by atoms with Crippen LogP contribution in [0.15, 0.2) is 12.7 Å². The maximum absolute atomic E-state index is 14.1. The van der Waals surface area contributed by atoms with Crippen LogP contribution in [-0.4, -0.2) is 68.2 Å². The second-order valence-corrected chi connectivity index (χ2v) is 12.8. The van der Waals surface area contributed by atoms with Gasteiger partial charge in [-0.1, -0.05) is 19.8 Å². The van der Waals surface area contributed by atoms with E-state index in [0.29, 0.717) is 17.7 Å². The van der Waals surface area contributed by atoms with Gasteiger partial charge in [0.05, 0.1) is 25.6 Å². The second-order valence-electron chi connectivity index (χ2n) is 10.6. The number of carbonyl (C=O) groups excluding carboxylic acids is 2. The summed E-state index contributed by atoms with van der Waals surface area (Å²) in [5.41, 5.74) is 5.59. The Morgan fingerprint density at radius 1 is 1.23 bits per heavy atom. The summed E-state index contributed by atoms with van der Waals surface area (Å²) in [5.74, 6) is -0.769. The van der Waals surface area contributed by atoms with Crippen molar-refractivity contribution in [1.82, 2.24) is 29.7 Å². The zero-order chi connectivity index (χ0) is 28.6. The molecule has 4 N–H and O–H groups in total. The van der Waals surface area contributed by atoms with Crippen LogP contribution in [0.25, 0.3) is 11.2 Å². The zero-order valence-corrected chi connectivity index (χ0v) is 24.4. The molecule has 2 aromatic heterocycles. The molecular formula is C25H42N7O6P. The van der Waals surface area contributed by atoms with Crippen molar-refractivity contribution in [3.8, 4) is 0 Å². The normalized spacial score (nSPS) is 17.3. The first-order valence-corrected chi connectivity index (χ1v) is 15.4. The van der Waals surface area contributed by atoms with Gasteiger partial charge in [-0.3, -0.25) is 14.2 Å². The summed E-state index contributed by atoms with van der Waals surface area (Å²) in [6.07, 6.45) is 7.46. The molecule has 3 atom stereocenters. The van der Waals surface area contributed by atoms with E-state index in [0.717, 1.165) is 38.5 Å². The molecule has 13 nitrogen and oxygen atoms in total. The first kappa shape index (κ1) is 30.9. The third kappa shape index (κ3) is 8.69. The monoisotopic (exact) mass is 567 g/mol. The molecule has 0 spiro atoms. The van der Waals surface area contributed by atoms with Gasteiger partial charge in [-0.25, -0.2) is 25.1 Å². The SMILES string of the molecule is CCCCCOC(=O)C(C)(C)N[P@](=O)(COC(C)Cn1cnc2c(N)ncnc21)NC(C)C(=O)OC1CCC1. The molecule has 14 heteroatoms. The minimum absolute atomic E-state index is 0.109. The molecule has 2 aromatic rings. The first-order valence-electron chi connectivity index (χ1n) is 13.5. The number of aromatic nitrogens is 4. The number of rotatable bonds is 16. The van der Waals surface area contributed by atoms with Crippen molar-refractivity contribution < 1.29 is 28.4 Å². The lowest BCUT2D eigenvalue weighted by Crippen LogP contribution is -2.50. The van der Waals surface area contributed by atoms with Crippen LogP contribution in [0, 0.1) is 0 Å². The average molecular weight is 568 g/mol. The molecule has 0 saturated heterocycles. The molecule has 1 aliphatic carbocycles. The van der Waals surface area contributed by atoms with Crippen LogP contribution in [0.3, 0.4) is 0 Å². The number of esters is 2. The summed E-state index contributed by atoms with van der Waals surface area (Å²) < 4.78 is 32.8. The van der Waals surface area contributed by atoms with Crippen LogP contribution in [0.2, 0.25) is 0 Å². The van der Waals surface area contributed by atoms with Crippen LogP contribution >= 0.6 is 7.44 Å². The Morgan fingerprint density at radius 2 is 1.97 bits per heavy atom. The number of hydrogen-bond acceptors (Lipinski definition) is 10. The first-order chi connectivity index (χ1) is 18.4. The van der Waals surface area contributed by atoms with Crippen molar-refractivity contribution in [2.45, 2.75) is 103 Å². The van der Waals surface area contributed by atoms with E-state index in [-0.39, 0.29) is 24.9 Å². The van der Waals surface area contributed by atoms with E-state index in [9.17, 15) is 14.2 Å². The maximum atomic E-state index is 14.1. The molecule has 1 fully saturated rings. The van der Waals surface area contributed by atoms with Gasteiger partial charge in [-0.05, 0) is 53.4 Å². The molecule has 0 aliphatic heterocycles. The highest BCUT2D eigenvalue weighted by molar-refractivity contribution is 7.59. The minimum atomic E-state index is -3.68. The highest BCUT2D eigenvalue weighted by atomic mass is 31.2. The van der Waals surface area contributed by atoms with Crippen molar-refractivity contribution in [2.24, 2.45) is 0 Å². The number of ether oxygens (including phenoxy) is 3. The van der Waals surface area contributed by atoms with Gasteiger partial charge in [0.1, 0.15) is 35.9 Å². The number of nitrogens with two attached hydrogens (primary N) is 1. The van der Waals surface area contributed by atoms with E-state index in [1.165, 1.54) is 6.33 Å². The van der Waals surface area contributed by atoms with Crippen molar-refractivity contribution >= 4 is 36.4 Å². The van der Waals surface area contributed by atoms with Crippen molar-refractivity contribution in [2.75, 3.05) is 18.7 Å². The molecule has 2 unspecified atom stereocenters. The number of fused-ring (bicyclic) bond motifs is 1. The van der Waals surface area contributed by atoms with E-state index >= 15 is 0 Å². The van der Waals surface area contributed by atoms with Crippen LogP contribution < -0.4 is 15.9 Å². The fourth-order valence-corrected chi connectivity index (χ4v) is 6.40. The summed E-state index contributed by atoms with van der Waals surface area (Å²) in [6.45, 7) is 9.25. The highest BCUT2D eigenvalue weighted by Gasteiger charge is 2.39. The lowest BCUT2D eigenvalue weighted by Gasteiger charge is -2.33. The van der Waals surface area contributed by atoms with Gasteiger partial charge in [0, 0.05) is 0 Å². The molecule has 3 rings (SSSR count). The standard InChI is InChI=1S/C25H42N7O6P/c1-6-7-8-12-36-24(34)25(4,5)31-39(35,30-18(3)23(33)38-19-10-9-11-19)16-37-17(2)13-32-15-29-20-21(26)27-14-28-22(20)32/h14-15,17-19H,6-13,16H2,1-5H3,(H2,26,27,28)(H2,30,31,35)/t17?,18?,39-/m0/s1. The fraction of sp³-hybridized carbons (Fsp3) is 0.720. The van der Waals surface area contributed by atoms with E-state index in [1.54, 1.807) is 31.7 Å². The Morgan fingerprint density at radius 3 is 2.64 bits per heavy atom. The Labute approximate surface area is 229 Å². The van der Waals surface area contributed by atoms with Crippen LogP contribution in [0.1, 0.15) is 73.1 Å². The smallest absolute Gasteiger partial charge is 0.326 e. The Balaban J connectivity index is 1.68. The number of nitrogens with zero attached hydrogens (tertiary/aromatic N) is 4. The predicted molar refractivity (Wildman–Crippen MR) is 147 cm³/mol. The molecule has 39 heavy (non-hydrogen) atoms. The van der Waals surface area contributed by atoms with Gasteiger partial charge in [0.15, 0.2) is 11.5 Å². The lowest BCUT2D eigenvalue weighted by molar-refractivity contribution is -0.154. The van der Waals surface area contributed by atoms with Crippen molar-refractivity contribution in [3.63, 3.8) is 0 Å². The summed E-state index contributed by atoms with van der Waals surface area (Å²) in [7, 11) is -3.68. The third-order valence-corrected chi connectivity index (χ3v) is 8.70.